The third-order valence-corrected chi connectivity index (χ3v) is 11.9. The Morgan fingerprint density at radius 2 is 1.81 bits per heavy atom. The molecule has 26 heavy (non-hydrogen) atoms. The summed E-state index contributed by atoms with van der Waals surface area (Å²) in [6.07, 6.45) is 1.70. The zero-order valence-electron chi connectivity index (χ0n) is 17.6. The molecule has 0 N–H and O–H groups in total. The third kappa shape index (κ3) is 6.33. The molecule has 0 amide bonds. The number of rotatable bonds is 7. The van der Waals surface area contributed by atoms with Gasteiger partial charge in [0, 0.05) is 32.2 Å². The minimum Gasteiger partial charge on any atom is -0.409 e. The van der Waals surface area contributed by atoms with Crippen LogP contribution >= 0.6 is 11.6 Å². The molecule has 1 aromatic carbocycles. The smallest absolute Gasteiger partial charge is 0.192 e. The van der Waals surface area contributed by atoms with E-state index in [2.05, 4.69) is 40.4 Å². The Morgan fingerprint density at radius 3 is 2.23 bits per heavy atom. The number of halogens is 1. The van der Waals surface area contributed by atoms with Crippen LogP contribution in [0.2, 0.25) is 23.2 Å². The lowest BCUT2D eigenvalue weighted by molar-refractivity contribution is 0.149. The fraction of sp³-hybridized carbons (Fsp3) is 0.619. The van der Waals surface area contributed by atoms with Gasteiger partial charge in [-0.15, -0.1) is 6.58 Å². The van der Waals surface area contributed by atoms with Crippen LogP contribution < -0.4 is 0 Å². The second-order valence-corrected chi connectivity index (χ2v) is 16.8. The van der Waals surface area contributed by atoms with Crippen LogP contribution in [0.5, 0.6) is 0 Å². The normalized spacial score (nSPS) is 16.8. The van der Waals surface area contributed by atoms with Crippen molar-refractivity contribution in [2.24, 2.45) is 5.92 Å². The highest BCUT2D eigenvalue weighted by Crippen LogP contribution is 2.42. The molecule has 3 atom stereocenters. The van der Waals surface area contributed by atoms with E-state index in [1.54, 1.807) is 0 Å². The molecule has 0 aliphatic carbocycles. The molecule has 0 heterocycles. The first-order chi connectivity index (χ1) is 11.7. The molecule has 0 bridgehead atoms. The van der Waals surface area contributed by atoms with Crippen LogP contribution in [0.1, 0.15) is 53.2 Å². The van der Waals surface area contributed by atoms with Gasteiger partial charge in [-0.25, -0.2) is 0 Å². The average Bonchev–Trinajstić information content (AvgIpc) is 2.48. The molecule has 0 aromatic heterocycles. The van der Waals surface area contributed by atoms with Crippen molar-refractivity contribution in [2.75, 3.05) is 5.75 Å². The van der Waals surface area contributed by atoms with E-state index in [0.717, 1.165) is 5.56 Å². The molecule has 0 saturated carbocycles. The fourth-order valence-electron chi connectivity index (χ4n) is 2.28. The van der Waals surface area contributed by atoms with Gasteiger partial charge in [0.1, 0.15) is 0 Å². The number of hydrogen-bond acceptors (Lipinski definition) is 2. The average molecular weight is 415 g/mol. The van der Waals surface area contributed by atoms with Crippen molar-refractivity contribution < 1.29 is 8.63 Å². The highest BCUT2D eigenvalue weighted by Gasteiger charge is 2.41. The predicted molar refractivity (Wildman–Crippen MR) is 119 cm³/mol. The van der Waals surface area contributed by atoms with Gasteiger partial charge < -0.3 is 4.43 Å². The molecular formula is C21H35ClO2SSi. The van der Waals surface area contributed by atoms with Gasteiger partial charge >= 0.3 is 0 Å². The Bertz CT molecular complexity index is 644. The lowest BCUT2D eigenvalue weighted by atomic mass is 9.97. The summed E-state index contributed by atoms with van der Waals surface area (Å²) in [5.74, 6) is 0.487. The minimum atomic E-state index is -2.03. The summed E-state index contributed by atoms with van der Waals surface area (Å²) >= 11 is 6.25. The fourth-order valence-corrected chi connectivity index (χ4v) is 4.94. The van der Waals surface area contributed by atoms with Crippen LogP contribution in [0.15, 0.2) is 36.9 Å². The largest absolute Gasteiger partial charge is 0.409 e. The highest BCUT2D eigenvalue weighted by atomic mass is 35.5. The van der Waals surface area contributed by atoms with E-state index < -0.39 is 19.1 Å². The van der Waals surface area contributed by atoms with Gasteiger partial charge in [0.2, 0.25) is 0 Å². The molecule has 0 radical (unpaired) electrons. The summed E-state index contributed by atoms with van der Waals surface area (Å²) in [5, 5.41) is 0.768. The van der Waals surface area contributed by atoms with Crippen LogP contribution in [0, 0.1) is 5.92 Å². The Labute approximate surface area is 169 Å². The van der Waals surface area contributed by atoms with Crippen molar-refractivity contribution in [1.82, 2.24) is 0 Å². The lowest BCUT2D eigenvalue weighted by Gasteiger charge is -2.41. The molecule has 0 fully saturated rings. The van der Waals surface area contributed by atoms with Crippen LogP contribution in [-0.2, 0) is 15.2 Å². The summed E-state index contributed by atoms with van der Waals surface area (Å²) in [6, 6.07) is 7.81. The first-order valence-electron chi connectivity index (χ1n) is 9.13. The van der Waals surface area contributed by atoms with E-state index in [9.17, 15) is 4.21 Å². The molecule has 0 spiro atoms. The van der Waals surface area contributed by atoms with E-state index in [4.69, 9.17) is 16.0 Å². The first kappa shape index (κ1) is 23.6. The van der Waals surface area contributed by atoms with Crippen LogP contribution in [0.3, 0.4) is 0 Å². The van der Waals surface area contributed by atoms with Gasteiger partial charge in [-0.05, 0) is 56.6 Å². The van der Waals surface area contributed by atoms with Crippen LogP contribution in [0.4, 0.5) is 0 Å². The molecule has 5 heteroatoms. The molecule has 148 valence electrons. The van der Waals surface area contributed by atoms with E-state index >= 15 is 0 Å². The number of benzene rings is 1. The van der Waals surface area contributed by atoms with Crippen molar-refractivity contribution in [3.8, 4) is 0 Å². The van der Waals surface area contributed by atoms with Crippen molar-refractivity contribution >= 4 is 30.7 Å². The first-order valence-corrected chi connectivity index (χ1v) is 13.7. The zero-order valence-corrected chi connectivity index (χ0v) is 20.1. The Balaban J connectivity index is 3.30. The lowest BCUT2D eigenvalue weighted by Crippen LogP contribution is -2.43. The summed E-state index contributed by atoms with van der Waals surface area (Å²) in [7, 11) is -3.02. The second kappa shape index (κ2) is 8.72. The Hall–Kier alpha value is -0.423. The second-order valence-electron chi connectivity index (χ2n) is 9.38. The Morgan fingerprint density at radius 1 is 1.23 bits per heavy atom. The van der Waals surface area contributed by atoms with Crippen molar-refractivity contribution in [3.63, 3.8) is 0 Å². The third-order valence-electron chi connectivity index (χ3n) is 5.12. The summed E-state index contributed by atoms with van der Waals surface area (Å²) in [5.41, 5.74) is 1.03. The van der Waals surface area contributed by atoms with Gasteiger partial charge in [0.05, 0.1) is 6.10 Å². The maximum Gasteiger partial charge on any atom is 0.192 e. The standard InChI is InChI=1S/C21H35ClO2SSi/c1-10-16(15-25(23)20(2,3)4)19(17-12-11-13-18(22)14-17)24-26(8,9)21(5,6)7/h10-14,16,19H,1,15H2,2-9H3/t16-,19-,25?/m1/s1. The molecule has 0 saturated heterocycles. The summed E-state index contributed by atoms with van der Waals surface area (Å²) in [4.78, 5) is 0. The molecule has 1 aromatic rings. The molecule has 1 unspecified atom stereocenters. The monoisotopic (exact) mass is 414 g/mol. The topological polar surface area (TPSA) is 26.3 Å². The van der Waals surface area contributed by atoms with E-state index in [1.807, 2.05) is 51.1 Å². The SMILES string of the molecule is C=C[C@H](CS(=O)C(C)(C)C)[C@@H](O[Si](C)(C)C(C)(C)C)c1cccc(Cl)c1. The molecule has 1 rings (SSSR count). The van der Waals surface area contributed by atoms with Gasteiger partial charge in [-0.3, -0.25) is 4.21 Å². The Kier molecular flexibility index (Phi) is 7.92. The molecule has 2 nitrogen and oxygen atoms in total. The van der Waals surface area contributed by atoms with Gasteiger partial charge in [-0.1, -0.05) is 50.6 Å². The van der Waals surface area contributed by atoms with Gasteiger partial charge in [-0.2, -0.15) is 0 Å². The maximum absolute atomic E-state index is 12.8. The van der Waals surface area contributed by atoms with Gasteiger partial charge in [0.15, 0.2) is 8.32 Å². The van der Waals surface area contributed by atoms with Crippen LogP contribution in [-0.4, -0.2) is 23.0 Å². The van der Waals surface area contributed by atoms with E-state index in [1.165, 1.54) is 0 Å². The van der Waals surface area contributed by atoms with E-state index in [-0.39, 0.29) is 21.8 Å². The summed E-state index contributed by atoms with van der Waals surface area (Å²) < 4.78 is 19.3. The summed E-state index contributed by atoms with van der Waals surface area (Å²) in [6.45, 7) is 21.2. The van der Waals surface area contributed by atoms with Crippen molar-refractivity contribution in [1.29, 1.82) is 0 Å². The van der Waals surface area contributed by atoms with Crippen molar-refractivity contribution in [3.05, 3.63) is 47.5 Å². The molecule has 0 aliphatic heterocycles. The van der Waals surface area contributed by atoms with Crippen LogP contribution in [0.25, 0.3) is 0 Å². The van der Waals surface area contributed by atoms with Crippen molar-refractivity contribution in [2.45, 2.75) is 70.5 Å². The minimum absolute atomic E-state index is 0.0392. The number of hydrogen-bond donors (Lipinski definition) is 0. The zero-order chi connectivity index (χ0) is 20.3. The van der Waals surface area contributed by atoms with Gasteiger partial charge in [0.25, 0.3) is 0 Å². The molecule has 0 aliphatic rings. The highest BCUT2D eigenvalue weighted by molar-refractivity contribution is 7.86. The maximum atomic E-state index is 12.8. The quantitative estimate of drug-likeness (QED) is 0.364. The molecular weight excluding hydrogens is 380 g/mol. The predicted octanol–water partition coefficient (Wildman–Crippen LogP) is 6.75. The van der Waals surface area contributed by atoms with E-state index in [0.29, 0.717) is 10.8 Å².